The first kappa shape index (κ1) is 16.3. The van der Waals surface area contributed by atoms with Crippen molar-refractivity contribution in [1.29, 1.82) is 0 Å². The largest absolute Gasteiger partial charge is 0.487 e. The number of nitrogens with one attached hydrogen (secondary N) is 1. The van der Waals surface area contributed by atoms with Crippen LogP contribution >= 0.6 is 0 Å². The van der Waals surface area contributed by atoms with Gasteiger partial charge in [-0.2, -0.15) is 0 Å². The Hall–Kier alpha value is -1.06. The minimum atomic E-state index is 0.0700. The highest BCUT2D eigenvalue weighted by Crippen LogP contribution is 2.28. The maximum Gasteiger partial charge on any atom is 0.134 e. The predicted octanol–water partition coefficient (Wildman–Crippen LogP) is 3.52. The van der Waals surface area contributed by atoms with Gasteiger partial charge in [0.1, 0.15) is 11.9 Å². The van der Waals surface area contributed by atoms with E-state index in [-0.39, 0.29) is 11.5 Å². The summed E-state index contributed by atoms with van der Waals surface area (Å²) in [7, 11) is 1.72. The summed E-state index contributed by atoms with van der Waals surface area (Å²) in [5.41, 5.74) is 1.58. The molecule has 1 fully saturated rings. The Morgan fingerprint density at radius 2 is 1.90 bits per heavy atom. The van der Waals surface area contributed by atoms with Crippen LogP contribution < -0.4 is 10.1 Å². The summed E-state index contributed by atoms with van der Waals surface area (Å²) in [4.78, 5) is 0. The second-order valence-corrected chi connectivity index (χ2v) is 6.64. The highest BCUT2D eigenvalue weighted by molar-refractivity contribution is 5.31. The highest BCUT2D eigenvalue weighted by Gasteiger charge is 2.23. The Labute approximate surface area is 129 Å². The molecule has 1 unspecified atom stereocenters. The normalized spacial score (nSPS) is 16.8. The molecule has 0 aromatic heterocycles. The first-order valence-corrected chi connectivity index (χ1v) is 8.04. The summed E-state index contributed by atoms with van der Waals surface area (Å²) in [5.74, 6) is 0.922. The van der Waals surface area contributed by atoms with Gasteiger partial charge in [-0.05, 0) is 42.4 Å². The third kappa shape index (κ3) is 5.01. The molecule has 0 saturated heterocycles. The molecule has 1 aromatic carbocycles. The van der Waals surface area contributed by atoms with Crippen LogP contribution in [0, 0.1) is 0 Å². The van der Waals surface area contributed by atoms with Gasteiger partial charge in [0.2, 0.25) is 0 Å². The Morgan fingerprint density at radius 3 is 2.43 bits per heavy atom. The van der Waals surface area contributed by atoms with E-state index in [2.05, 4.69) is 50.4 Å². The summed E-state index contributed by atoms with van der Waals surface area (Å²) in [6, 6.07) is 9.20. The zero-order valence-corrected chi connectivity index (χ0v) is 13.8. The lowest BCUT2D eigenvalue weighted by Crippen LogP contribution is -2.35. The standard InChI is InChI=1S/C18H29NO2/c1-5-18(2,3)14-6-10-16(11-7-14)21-17(13-20-4)12-19-15-8-9-15/h6-7,10-11,15,17,19H,5,8-9,12-13H2,1-4H3. The zero-order valence-electron chi connectivity index (χ0n) is 13.8. The molecule has 21 heavy (non-hydrogen) atoms. The van der Waals surface area contributed by atoms with Crippen LogP contribution in [0.4, 0.5) is 0 Å². The molecular formula is C18H29NO2. The molecule has 0 radical (unpaired) electrons. The molecule has 3 nitrogen and oxygen atoms in total. The SMILES string of the molecule is CCC(C)(C)c1ccc(OC(CNC2CC2)COC)cc1. The third-order valence-electron chi connectivity index (χ3n) is 4.39. The Bertz CT molecular complexity index is 423. The lowest BCUT2D eigenvalue weighted by atomic mass is 9.82. The fraction of sp³-hybridized carbons (Fsp3) is 0.667. The fourth-order valence-electron chi connectivity index (χ4n) is 2.29. The van der Waals surface area contributed by atoms with Gasteiger partial charge >= 0.3 is 0 Å². The molecule has 1 N–H and O–H groups in total. The van der Waals surface area contributed by atoms with Gasteiger partial charge in [-0.3, -0.25) is 0 Å². The van der Waals surface area contributed by atoms with Crippen molar-refractivity contribution in [2.45, 2.75) is 57.6 Å². The van der Waals surface area contributed by atoms with Crippen molar-refractivity contribution in [2.24, 2.45) is 0 Å². The van der Waals surface area contributed by atoms with Gasteiger partial charge in [-0.25, -0.2) is 0 Å². The van der Waals surface area contributed by atoms with E-state index in [1.165, 1.54) is 18.4 Å². The quantitative estimate of drug-likeness (QED) is 0.755. The second-order valence-electron chi connectivity index (χ2n) is 6.64. The van der Waals surface area contributed by atoms with Crippen molar-refractivity contribution in [3.05, 3.63) is 29.8 Å². The lowest BCUT2D eigenvalue weighted by Gasteiger charge is -2.24. The second kappa shape index (κ2) is 7.28. The van der Waals surface area contributed by atoms with Gasteiger partial charge in [-0.15, -0.1) is 0 Å². The molecule has 1 aliphatic carbocycles. The molecule has 2 rings (SSSR count). The highest BCUT2D eigenvalue weighted by atomic mass is 16.5. The van der Waals surface area contributed by atoms with Crippen LogP contribution in [-0.2, 0) is 10.2 Å². The van der Waals surface area contributed by atoms with Gasteiger partial charge < -0.3 is 14.8 Å². The molecule has 0 heterocycles. The Balaban J connectivity index is 1.92. The number of ether oxygens (including phenoxy) is 2. The van der Waals surface area contributed by atoms with Crippen LogP contribution in [0.3, 0.4) is 0 Å². The molecule has 1 atom stereocenters. The summed E-state index contributed by atoms with van der Waals surface area (Å²) in [6.45, 7) is 8.23. The summed E-state index contributed by atoms with van der Waals surface area (Å²) >= 11 is 0. The van der Waals surface area contributed by atoms with Crippen molar-refractivity contribution >= 4 is 0 Å². The van der Waals surface area contributed by atoms with Crippen LogP contribution in [0.5, 0.6) is 5.75 Å². The van der Waals surface area contributed by atoms with Crippen LogP contribution in [0.25, 0.3) is 0 Å². The minimum absolute atomic E-state index is 0.0700. The molecule has 0 amide bonds. The van der Waals surface area contributed by atoms with E-state index in [1.807, 2.05) is 0 Å². The van der Waals surface area contributed by atoms with Crippen molar-refractivity contribution < 1.29 is 9.47 Å². The molecule has 118 valence electrons. The van der Waals surface area contributed by atoms with Crippen LogP contribution in [0.1, 0.15) is 45.6 Å². The first-order chi connectivity index (χ1) is 10.0. The molecule has 0 bridgehead atoms. The Kier molecular flexibility index (Phi) is 5.65. The average molecular weight is 291 g/mol. The zero-order chi connectivity index (χ0) is 15.3. The summed E-state index contributed by atoms with van der Waals surface area (Å²) in [5, 5.41) is 3.50. The van der Waals surface area contributed by atoms with Gasteiger partial charge in [0.05, 0.1) is 6.61 Å². The van der Waals surface area contributed by atoms with Crippen LogP contribution in [0.2, 0.25) is 0 Å². The molecule has 0 spiro atoms. The topological polar surface area (TPSA) is 30.5 Å². The molecule has 1 saturated carbocycles. The minimum Gasteiger partial charge on any atom is -0.487 e. The van der Waals surface area contributed by atoms with Gasteiger partial charge in [-0.1, -0.05) is 32.9 Å². The third-order valence-corrected chi connectivity index (χ3v) is 4.39. The van der Waals surface area contributed by atoms with Gasteiger partial charge in [0.15, 0.2) is 0 Å². The van der Waals surface area contributed by atoms with E-state index >= 15 is 0 Å². The van der Waals surface area contributed by atoms with Gasteiger partial charge in [0.25, 0.3) is 0 Å². The summed E-state index contributed by atoms with van der Waals surface area (Å²) in [6.07, 6.45) is 3.78. The molecular weight excluding hydrogens is 262 g/mol. The number of benzene rings is 1. The van der Waals surface area contributed by atoms with E-state index in [1.54, 1.807) is 7.11 Å². The Morgan fingerprint density at radius 1 is 1.24 bits per heavy atom. The average Bonchev–Trinajstić information content (AvgIpc) is 3.30. The van der Waals surface area contributed by atoms with E-state index < -0.39 is 0 Å². The van der Waals surface area contributed by atoms with Crippen molar-refractivity contribution in [1.82, 2.24) is 5.32 Å². The number of rotatable bonds is 9. The lowest BCUT2D eigenvalue weighted by molar-refractivity contribution is 0.0804. The molecule has 0 aliphatic heterocycles. The van der Waals surface area contributed by atoms with Crippen molar-refractivity contribution in [3.63, 3.8) is 0 Å². The van der Waals surface area contributed by atoms with Gasteiger partial charge in [0, 0.05) is 19.7 Å². The van der Waals surface area contributed by atoms with E-state index in [0.717, 1.165) is 18.7 Å². The van der Waals surface area contributed by atoms with Crippen molar-refractivity contribution in [3.8, 4) is 5.75 Å². The van der Waals surface area contributed by atoms with E-state index in [9.17, 15) is 0 Å². The predicted molar refractivity (Wildman–Crippen MR) is 87.1 cm³/mol. The number of methoxy groups -OCH3 is 1. The van der Waals surface area contributed by atoms with Crippen molar-refractivity contribution in [2.75, 3.05) is 20.3 Å². The fourth-order valence-corrected chi connectivity index (χ4v) is 2.29. The molecule has 1 aliphatic rings. The first-order valence-electron chi connectivity index (χ1n) is 8.04. The maximum absolute atomic E-state index is 6.05. The van der Waals surface area contributed by atoms with Crippen LogP contribution in [0.15, 0.2) is 24.3 Å². The number of hydrogen-bond donors (Lipinski definition) is 1. The smallest absolute Gasteiger partial charge is 0.134 e. The number of hydrogen-bond acceptors (Lipinski definition) is 3. The summed E-state index contributed by atoms with van der Waals surface area (Å²) < 4.78 is 11.3. The maximum atomic E-state index is 6.05. The monoisotopic (exact) mass is 291 g/mol. The van der Waals surface area contributed by atoms with Crippen LogP contribution in [-0.4, -0.2) is 32.4 Å². The molecule has 3 heteroatoms. The van der Waals surface area contributed by atoms with E-state index in [4.69, 9.17) is 9.47 Å². The van der Waals surface area contributed by atoms with E-state index in [0.29, 0.717) is 12.6 Å². The molecule has 1 aromatic rings.